The van der Waals surface area contributed by atoms with Gasteiger partial charge in [-0.3, -0.25) is 0 Å². The average molecular weight is 291 g/mol. The second-order valence-corrected chi connectivity index (χ2v) is 6.81. The third-order valence-corrected chi connectivity index (χ3v) is 3.76. The summed E-state index contributed by atoms with van der Waals surface area (Å²) >= 11 is 0. The molecule has 1 fully saturated rings. The first kappa shape index (κ1) is 15.7. The fraction of sp³-hybridized carbons (Fsp3) is 0.588. The van der Waals surface area contributed by atoms with Crippen molar-refractivity contribution in [1.82, 2.24) is 4.90 Å². The van der Waals surface area contributed by atoms with Crippen LogP contribution < -0.4 is 0 Å². The molecule has 2 rings (SSSR count). The monoisotopic (exact) mass is 291 g/mol. The summed E-state index contributed by atoms with van der Waals surface area (Å²) in [6.45, 7) is 8.03. The number of nitrogens with zero attached hydrogens (tertiary/aromatic N) is 1. The number of benzene rings is 1. The van der Waals surface area contributed by atoms with E-state index in [1.165, 1.54) is 0 Å². The molecule has 0 spiro atoms. The molecule has 1 aliphatic carbocycles. The Labute approximate surface area is 126 Å². The van der Waals surface area contributed by atoms with E-state index in [0.29, 0.717) is 12.5 Å². The smallest absolute Gasteiger partial charge is 0.410 e. The van der Waals surface area contributed by atoms with Crippen LogP contribution in [0.5, 0.6) is 5.75 Å². The molecular weight excluding hydrogens is 266 g/mol. The van der Waals surface area contributed by atoms with Crippen molar-refractivity contribution in [2.75, 3.05) is 0 Å². The van der Waals surface area contributed by atoms with Gasteiger partial charge in [0.15, 0.2) is 0 Å². The summed E-state index contributed by atoms with van der Waals surface area (Å²) in [4.78, 5) is 14.2. The van der Waals surface area contributed by atoms with Crippen LogP contribution >= 0.6 is 0 Å². The van der Waals surface area contributed by atoms with Crippen LogP contribution in [0.2, 0.25) is 0 Å². The Kier molecular flexibility index (Phi) is 4.45. The Morgan fingerprint density at radius 3 is 2.52 bits per heavy atom. The molecule has 1 atom stereocenters. The highest BCUT2D eigenvalue weighted by Crippen LogP contribution is 2.36. The van der Waals surface area contributed by atoms with Crippen molar-refractivity contribution in [3.8, 4) is 5.75 Å². The van der Waals surface area contributed by atoms with Crippen LogP contribution in [0.1, 0.15) is 46.1 Å². The van der Waals surface area contributed by atoms with Crippen LogP contribution in [-0.4, -0.2) is 27.7 Å². The summed E-state index contributed by atoms with van der Waals surface area (Å²) in [5.41, 5.74) is 0.230. The highest BCUT2D eigenvalue weighted by Gasteiger charge is 2.36. The first-order chi connectivity index (χ1) is 9.78. The fourth-order valence-corrected chi connectivity index (χ4v) is 2.36. The van der Waals surface area contributed by atoms with Gasteiger partial charge < -0.3 is 14.7 Å². The Morgan fingerprint density at radius 2 is 2.00 bits per heavy atom. The Hall–Kier alpha value is -1.71. The average Bonchev–Trinajstić information content (AvgIpc) is 3.19. The highest BCUT2D eigenvalue weighted by atomic mass is 16.6. The highest BCUT2D eigenvalue weighted by molar-refractivity contribution is 5.68. The minimum atomic E-state index is -0.517. The maximum absolute atomic E-state index is 12.5. The van der Waals surface area contributed by atoms with Gasteiger partial charge in [0.25, 0.3) is 0 Å². The Morgan fingerprint density at radius 1 is 1.38 bits per heavy atom. The van der Waals surface area contributed by atoms with Gasteiger partial charge in [-0.05, 0) is 52.5 Å². The number of para-hydroxylation sites is 1. The van der Waals surface area contributed by atoms with Gasteiger partial charge in [-0.15, -0.1) is 0 Å². The molecule has 0 heterocycles. The number of phenolic OH excluding ortho intramolecular Hbond substituents is 1. The van der Waals surface area contributed by atoms with E-state index in [1.807, 2.05) is 32.9 Å². The van der Waals surface area contributed by atoms with Crippen molar-refractivity contribution in [1.29, 1.82) is 0 Å². The molecule has 1 aromatic carbocycles. The quantitative estimate of drug-likeness (QED) is 0.914. The maximum atomic E-state index is 12.5. The number of hydrogen-bond donors (Lipinski definition) is 1. The van der Waals surface area contributed by atoms with Gasteiger partial charge in [-0.2, -0.15) is 0 Å². The number of rotatable bonds is 4. The standard InChI is InChI=1S/C17H25NO3/c1-12(13-9-10-13)18(16(20)21-17(2,3)4)11-14-7-5-6-8-15(14)19/h5-8,12-13,19H,9-11H2,1-4H3. The van der Waals surface area contributed by atoms with E-state index < -0.39 is 5.60 Å². The molecule has 0 aliphatic heterocycles. The molecule has 21 heavy (non-hydrogen) atoms. The first-order valence-electron chi connectivity index (χ1n) is 7.54. The number of carbonyl (C=O) groups is 1. The summed E-state index contributed by atoms with van der Waals surface area (Å²) in [5, 5.41) is 9.93. The summed E-state index contributed by atoms with van der Waals surface area (Å²) in [6, 6.07) is 7.25. The topological polar surface area (TPSA) is 49.8 Å². The molecule has 1 aromatic rings. The predicted molar refractivity (Wildman–Crippen MR) is 82.1 cm³/mol. The van der Waals surface area contributed by atoms with Crippen LogP contribution in [0.3, 0.4) is 0 Å². The van der Waals surface area contributed by atoms with Gasteiger partial charge in [0.2, 0.25) is 0 Å². The zero-order chi connectivity index (χ0) is 15.6. The molecule has 1 N–H and O–H groups in total. The third kappa shape index (κ3) is 4.38. The second-order valence-electron chi connectivity index (χ2n) is 6.81. The van der Waals surface area contributed by atoms with Gasteiger partial charge in [-0.1, -0.05) is 18.2 Å². The van der Waals surface area contributed by atoms with E-state index in [4.69, 9.17) is 4.74 Å². The minimum Gasteiger partial charge on any atom is -0.508 e. The number of aromatic hydroxyl groups is 1. The third-order valence-electron chi connectivity index (χ3n) is 3.76. The van der Waals surface area contributed by atoms with E-state index >= 15 is 0 Å². The van der Waals surface area contributed by atoms with Gasteiger partial charge in [0, 0.05) is 11.6 Å². The summed E-state index contributed by atoms with van der Waals surface area (Å²) in [5.74, 6) is 0.762. The SMILES string of the molecule is CC(C1CC1)N(Cc1ccccc1O)C(=O)OC(C)(C)C. The van der Waals surface area contributed by atoms with Crippen LogP contribution in [0, 0.1) is 5.92 Å². The lowest BCUT2D eigenvalue weighted by atomic mass is 10.1. The maximum Gasteiger partial charge on any atom is 0.410 e. The molecular formula is C17H25NO3. The molecule has 1 amide bonds. The van der Waals surface area contributed by atoms with Gasteiger partial charge >= 0.3 is 6.09 Å². The van der Waals surface area contributed by atoms with Gasteiger partial charge in [0.1, 0.15) is 11.4 Å². The molecule has 0 radical (unpaired) electrons. The van der Waals surface area contributed by atoms with E-state index in [9.17, 15) is 9.90 Å². The predicted octanol–water partition coefficient (Wildman–Crippen LogP) is 3.93. The van der Waals surface area contributed by atoms with Gasteiger partial charge in [0.05, 0.1) is 6.54 Å². The number of ether oxygens (including phenoxy) is 1. The summed E-state index contributed by atoms with van der Waals surface area (Å²) in [6.07, 6.45) is 1.99. The van der Waals surface area contributed by atoms with Crippen molar-refractivity contribution in [3.63, 3.8) is 0 Å². The van der Waals surface area contributed by atoms with Crippen molar-refractivity contribution in [3.05, 3.63) is 29.8 Å². The fourth-order valence-electron chi connectivity index (χ4n) is 2.36. The molecule has 1 saturated carbocycles. The normalized spacial score (nSPS) is 16.4. The summed E-state index contributed by atoms with van der Waals surface area (Å²) in [7, 11) is 0. The Balaban J connectivity index is 2.16. The molecule has 0 bridgehead atoms. The lowest BCUT2D eigenvalue weighted by Crippen LogP contribution is -2.42. The van der Waals surface area contributed by atoms with Crippen molar-refractivity contribution in [2.45, 2.75) is 58.7 Å². The van der Waals surface area contributed by atoms with E-state index in [2.05, 4.69) is 6.92 Å². The largest absolute Gasteiger partial charge is 0.508 e. The molecule has 1 aliphatic rings. The zero-order valence-electron chi connectivity index (χ0n) is 13.3. The first-order valence-corrected chi connectivity index (χ1v) is 7.54. The second kappa shape index (κ2) is 5.96. The number of amides is 1. The van der Waals surface area contributed by atoms with Gasteiger partial charge in [-0.25, -0.2) is 4.79 Å². The molecule has 116 valence electrons. The number of hydrogen-bond acceptors (Lipinski definition) is 3. The van der Waals surface area contributed by atoms with Crippen molar-refractivity contribution in [2.24, 2.45) is 5.92 Å². The van der Waals surface area contributed by atoms with E-state index in [0.717, 1.165) is 18.4 Å². The molecule has 4 nitrogen and oxygen atoms in total. The molecule has 0 saturated heterocycles. The van der Waals surface area contributed by atoms with Crippen molar-refractivity contribution < 1.29 is 14.6 Å². The lowest BCUT2D eigenvalue weighted by molar-refractivity contribution is 0.0133. The van der Waals surface area contributed by atoms with Crippen molar-refractivity contribution >= 4 is 6.09 Å². The van der Waals surface area contributed by atoms with Crippen LogP contribution in [0.25, 0.3) is 0 Å². The van der Waals surface area contributed by atoms with Crippen LogP contribution in [0.4, 0.5) is 4.79 Å². The zero-order valence-corrected chi connectivity index (χ0v) is 13.3. The van der Waals surface area contributed by atoms with E-state index in [1.54, 1.807) is 17.0 Å². The number of phenols is 1. The van der Waals surface area contributed by atoms with Crippen LogP contribution in [-0.2, 0) is 11.3 Å². The minimum absolute atomic E-state index is 0.124. The number of carbonyl (C=O) groups excluding carboxylic acids is 1. The van der Waals surface area contributed by atoms with Crippen LogP contribution in [0.15, 0.2) is 24.3 Å². The summed E-state index contributed by atoms with van der Waals surface area (Å²) < 4.78 is 5.52. The lowest BCUT2D eigenvalue weighted by Gasteiger charge is -2.32. The molecule has 0 aromatic heterocycles. The van der Waals surface area contributed by atoms with E-state index in [-0.39, 0.29) is 17.9 Å². The Bertz CT molecular complexity index is 503. The molecule has 4 heteroatoms. The molecule has 1 unspecified atom stereocenters.